The largest absolute Gasteiger partial charge is 0.481 e. The van der Waals surface area contributed by atoms with Crippen molar-refractivity contribution in [3.05, 3.63) is 36.5 Å². The van der Waals surface area contributed by atoms with Gasteiger partial charge in [-0.2, -0.15) is 0 Å². The number of unbranched alkanes of at least 4 members (excludes halogenated alkanes) is 5. The number of aliphatic carboxylic acids is 1. The summed E-state index contributed by atoms with van der Waals surface area (Å²) in [5.41, 5.74) is 0. The number of carbonyl (C=O) groups is 1. The fourth-order valence-electron chi connectivity index (χ4n) is 2.18. The molecule has 0 amide bonds. The first kappa shape index (κ1) is 20.6. The van der Waals surface area contributed by atoms with Gasteiger partial charge in [0.2, 0.25) is 0 Å². The van der Waals surface area contributed by atoms with Crippen LogP contribution in [0.2, 0.25) is 0 Å². The van der Waals surface area contributed by atoms with Crippen molar-refractivity contribution in [2.75, 3.05) is 7.11 Å². The van der Waals surface area contributed by atoms with Crippen molar-refractivity contribution >= 4 is 5.97 Å². The number of methoxy groups -OCH3 is 1. The van der Waals surface area contributed by atoms with E-state index in [-0.39, 0.29) is 6.10 Å². The average molecular weight is 308 g/mol. The summed E-state index contributed by atoms with van der Waals surface area (Å²) in [5.74, 6) is -0.686. The Labute approximate surface area is 135 Å². The van der Waals surface area contributed by atoms with Crippen molar-refractivity contribution in [1.29, 1.82) is 0 Å². The fourth-order valence-corrected chi connectivity index (χ4v) is 2.18. The van der Waals surface area contributed by atoms with Gasteiger partial charge in [-0.25, -0.2) is 0 Å². The van der Waals surface area contributed by atoms with Crippen molar-refractivity contribution in [1.82, 2.24) is 0 Å². The standard InChI is InChI=1S/C19H32O3/c1-3-4-5-6-9-12-15-18(22-2)16-13-10-7-8-11-14-17-19(20)21/h3-4,6,9,12,15,18H,5,7-8,10-11,13-14,16-17H2,1-2H3,(H,20,21). The number of allylic oxidation sites excluding steroid dienone is 5. The molecule has 0 aliphatic rings. The molecule has 1 atom stereocenters. The lowest BCUT2D eigenvalue weighted by Gasteiger charge is -2.10. The van der Waals surface area contributed by atoms with Crippen LogP contribution in [0.25, 0.3) is 0 Å². The monoisotopic (exact) mass is 308 g/mol. The molecule has 0 aliphatic heterocycles. The molecule has 3 nitrogen and oxygen atoms in total. The summed E-state index contributed by atoms with van der Waals surface area (Å²) >= 11 is 0. The number of ether oxygens (including phenoxy) is 1. The molecule has 0 bridgehead atoms. The average Bonchev–Trinajstić information content (AvgIpc) is 2.50. The maximum Gasteiger partial charge on any atom is 0.303 e. The van der Waals surface area contributed by atoms with Gasteiger partial charge in [-0.1, -0.05) is 68.6 Å². The van der Waals surface area contributed by atoms with E-state index in [4.69, 9.17) is 9.84 Å². The van der Waals surface area contributed by atoms with Gasteiger partial charge >= 0.3 is 5.97 Å². The van der Waals surface area contributed by atoms with Crippen LogP contribution in [0.3, 0.4) is 0 Å². The first-order valence-corrected chi connectivity index (χ1v) is 8.39. The van der Waals surface area contributed by atoms with E-state index >= 15 is 0 Å². The molecule has 0 spiro atoms. The van der Waals surface area contributed by atoms with Crippen LogP contribution in [0.4, 0.5) is 0 Å². The minimum absolute atomic E-state index is 0.193. The molecule has 22 heavy (non-hydrogen) atoms. The molecular weight excluding hydrogens is 276 g/mol. The van der Waals surface area contributed by atoms with Crippen LogP contribution in [0.1, 0.15) is 64.7 Å². The molecule has 0 aliphatic carbocycles. The Hall–Kier alpha value is -1.35. The molecule has 1 N–H and O–H groups in total. The molecule has 0 aromatic rings. The maximum atomic E-state index is 10.4. The first-order valence-electron chi connectivity index (χ1n) is 8.39. The van der Waals surface area contributed by atoms with Crippen LogP contribution >= 0.6 is 0 Å². The van der Waals surface area contributed by atoms with Crippen LogP contribution in [-0.2, 0) is 9.53 Å². The lowest BCUT2D eigenvalue weighted by Crippen LogP contribution is -2.06. The van der Waals surface area contributed by atoms with Gasteiger partial charge in [0, 0.05) is 13.5 Å². The molecule has 0 aromatic heterocycles. The number of carboxylic acid groups (broad SMARTS) is 1. The quantitative estimate of drug-likeness (QED) is 0.269. The van der Waals surface area contributed by atoms with E-state index in [1.54, 1.807) is 7.11 Å². The second-order valence-electron chi connectivity index (χ2n) is 5.45. The lowest BCUT2D eigenvalue weighted by molar-refractivity contribution is -0.137. The number of rotatable bonds is 14. The summed E-state index contributed by atoms with van der Waals surface area (Å²) in [7, 11) is 1.75. The first-order chi connectivity index (χ1) is 10.7. The van der Waals surface area contributed by atoms with Crippen molar-refractivity contribution in [2.24, 2.45) is 0 Å². The predicted octanol–water partition coefficient (Wildman–Crippen LogP) is 5.29. The molecular formula is C19H32O3. The molecule has 0 aromatic carbocycles. The van der Waals surface area contributed by atoms with Crippen LogP contribution in [0.5, 0.6) is 0 Å². The van der Waals surface area contributed by atoms with E-state index in [0.717, 1.165) is 38.5 Å². The molecule has 1 unspecified atom stereocenters. The third-order valence-electron chi connectivity index (χ3n) is 3.51. The normalized spacial score (nSPS) is 13.5. The minimum atomic E-state index is -0.686. The topological polar surface area (TPSA) is 46.5 Å². The summed E-state index contributed by atoms with van der Waals surface area (Å²) < 4.78 is 5.45. The Balaban J connectivity index is 3.58. The Kier molecular flexibility index (Phi) is 15.0. The zero-order valence-electron chi connectivity index (χ0n) is 14.2. The SMILES string of the molecule is CC=CCC=CC=CC(CCCCCCCCC(=O)O)OC. The predicted molar refractivity (Wildman–Crippen MR) is 93.1 cm³/mol. The lowest BCUT2D eigenvalue weighted by atomic mass is 10.1. The van der Waals surface area contributed by atoms with Crippen molar-refractivity contribution in [3.63, 3.8) is 0 Å². The van der Waals surface area contributed by atoms with Gasteiger partial charge in [0.1, 0.15) is 0 Å². The molecule has 0 heterocycles. The van der Waals surface area contributed by atoms with Crippen LogP contribution in [-0.4, -0.2) is 24.3 Å². The zero-order chi connectivity index (χ0) is 16.5. The highest BCUT2D eigenvalue weighted by Gasteiger charge is 2.02. The van der Waals surface area contributed by atoms with E-state index in [2.05, 4.69) is 30.4 Å². The molecule has 0 radical (unpaired) electrons. The number of hydrogen-bond acceptors (Lipinski definition) is 2. The van der Waals surface area contributed by atoms with Crippen LogP contribution in [0, 0.1) is 0 Å². The number of carboxylic acids is 1. The van der Waals surface area contributed by atoms with E-state index in [9.17, 15) is 4.79 Å². The summed E-state index contributed by atoms with van der Waals surface area (Å²) in [6.45, 7) is 2.02. The Morgan fingerprint density at radius 2 is 1.73 bits per heavy atom. The molecule has 3 heteroatoms. The minimum Gasteiger partial charge on any atom is -0.481 e. The highest BCUT2D eigenvalue weighted by molar-refractivity contribution is 5.66. The summed E-state index contributed by atoms with van der Waals surface area (Å²) in [6.07, 6.45) is 21.5. The molecule has 0 fully saturated rings. The second kappa shape index (κ2) is 16.0. The van der Waals surface area contributed by atoms with Crippen LogP contribution in [0.15, 0.2) is 36.5 Å². The van der Waals surface area contributed by atoms with Crippen LogP contribution < -0.4 is 0 Å². The highest BCUT2D eigenvalue weighted by atomic mass is 16.5. The molecule has 0 rings (SSSR count). The van der Waals surface area contributed by atoms with E-state index in [0.29, 0.717) is 6.42 Å². The van der Waals surface area contributed by atoms with Gasteiger partial charge in [0.05, 0.1) is 6.10 Å². The highest BCUT2D eigenvalue weighted by Crippen LogP contribution is 2.11. The van der Waals surface area contributed by atoms with Gasteiger partial charge in [-0.05, 0) is 26.2 Å². The summed E-state index contributed by atoms with van der Waals surface area (Å²) in [4.78, 5) is 10.4. The molecule has 126 valence electrons. The van der Waals surface area contributed by atoms with Gasteiger partial charge in [0.15, 0.2) is 0 Å². The Morgan fingerprint density at radius 3 is 2.36 bits per heavy atom. The van der Waals surface area contributed by atoms with Gasteiger partial charge < -0.3 is 9.84 Å². The van der Waals surface area contributed by atoms with Crippen molar-refractivity contribution < 1.29 is 14.6 Å². The smallest absolute Gasteiger partial charge is 0.303 e. The Morgan fingerprint density at radius 1 is 1.05 bits per heavy atom. The van der Waals surface area contributed by atoms with Crippen molar-refractivity contribution in [3.8, 4) is 0 Å². The van der Waals surface area contributed by atoms with E-state index in [1.165, 1.54) is 12.8 Å². The second-order valence-corrected chi connectivity index (χ2v) is 5.45. The van der Waals surface area contributed by atoms with Crippen molar-refractivity contribution in [2.45, 2.75) is 70.8 Å². The van der Waals surface area contributed by atoms with E-state index < -0.39 is 5.97 Å². The van der Waals surface area contributed by atoms with E-state index in [1.807, 2.05) is 13.0 Å². The summed E-state index contributed by atoms with van der Waals surface area (Å²) in [5, 5.41) is 8.55. The van der Waals surface area contributed by atoms with Gasteiger partial charge in [-0.3, -0.25) is 4.79 Å². The maximum absolute atomic E-state index is 10.4. The third-order valence-corrected chi connectivity index (χ3v) is 3.51. The zero-order valence-corrected chi connectivity index (χ0v) is 14.2. The fraction of sp³-hybridized carbons (Fsp3) is 0.632. The molecule has 0 saturated heterocycles. The molecule has 0 saturated carbocycles. The summed E-state index contributed by atoms with van der Waals surface area (Å²) in [6, 6.07) is 0. The van der Waals surface area contributed by atoms with Gasteiger partial charge in [0.25, 0.3) is 0 Å². The Bertz CT molecular complexity index is 343. The third kappa shape index (κ3) is 15.0. The number of hydrogen-bond donors (Lipinski definition) is 1. The van der Waals surface area contributed by atoms with Gasteiger partial charge in [-0.15, -0.1) is 0 Å².